The Morgan fingerprint density at radius 3 is 1.57 bits per heavy atom. The van der Waals surface area contributed by atoms with Crippen molar-refractivity contribution >= 4 is 0 Å². The normalized spacial score (nSPS) is 53.2. The van der Waals surface area contributed by atoms with Crippen molar-refractivity contribution in [3.05, 3.63) is 11.6 Å². The quantitative estimate of drug-likeness (QED) is 0.0427. The third-order valence-corrected chi connectivity index (χ3v) is 24.0. The van der Waals surface area contributed by atoms with Crippen molar-refractivity contribution in [1.29, 1.82) is 0 Å². The Kier molecular flexibility index (Phi) is 23.1. The van der Waals surface area contributed by atoms with E-state index in [1.165, 1.54) is 0 Å². The van der Waals surface area contributed by atoms with E-state index in [4.69, 9.17) is 56.8 Å². The Bertz CT molecular complexity index is 2480. The molecule has 30 heteroatoms. The van der Waals surface area contributed by atoms with Gasteiger partial charge in [-0.2, -0.15) is 0 Å². The second-order valence-electron chi connectivity index (χ2n) is 30.0. The number of allylic oxidation sites excluding steroid dienone is 2. The van der Waals surface area contributed by atoms with Crippen molar-refractivity contribution < 1.29 is 149 Å². The maximum absolute atomic E-state index is 13.0. The van der Waals surface area contributed by atoms with E-state index in [-0.39, 0.29) is 42.3 Å². The van der Waals surface area contributed by atoms with Crippen molar-refractivity contribution in [3.63, 3.8) is 0 Å². The van der Waals surface area contributed by atoms with Gasteiger partial charge >= 0.3 is 0 Å². The van der Waals surface area contributed by atoms with Crippen molar-refractivity contribution in [1.82, 2.24) is 0 Å². The van der Waals surface area contributed by atoms with Gasteiger partial charge in [0.05, 0.1) is 57.5 Å². The minimum atomic E-state index is -1.90. The molecule has 10 fully saturated rings. The molecule has 0 unspecified atom stereocenters. The largest absolute Gasteiger partial charge is 0.394 e. The van der Waals surface area contributed by atoms with Crippen LogP contribution in [-0.4, -0.2) is 315 Å². The standard InChI is InChI=1S/C63H106O30/c1-25(2)10-9-14-63(8,93-56-50(81)44(75)42(73)32(89-56)23-84-53-49(80)43(74)33(24-85-53)88-54-47(78)38(69)28(67)21-82-54)26-11-16-62(7)37(26)27(66)18-35-60(5)15-13-36(59(3,4)34(60)12-17-61(35,62)6)90-57-51(45(76)40(71)30(19-64)86-57)92-58-52(46(77)41(72)31(20-65)87-58)91-55-48(79)39(70)29(68)22-83-55/h10,26-58,64-81H,9,11-24H2,1-8H3/t26-,27+,28+,29+,30+,31+,32+,33+,34+,35+,36+,37-,38-,39-,40+,41+,42+,43-,44-,45-,46-,47+,48+,49+,50+,51+,52+,53+,54-,55-,56-,57-,58-,60-,61+,62+,63+/m0/s1. The molecule has 0 radical (unpaired) electrons. The summed E-state index contributed by atoms with van der Waals surface area (Å²) in [6.07, 6.45) is -38.2. The summed E-state index contributed by atoms with van der Waals surface area (Å²) in [6.45, 7) is 13.7. The number of fused-ring (bicyclic) bond motifs is 5. The van der Waals surface area contributed by atoms with E-state index >= 15 is 0 Å². The van der Waals surface area contributed by atoms with Crippen molar-refractivity contribution in [2.45, 2.75) is 297 Å². The van der Waals surface area contributed by atoms with Crippen LogP contribution in [0.15, 0.2) is 11.6 Å². The molecule has 538 valence electrons. The summed E-state index contributed by atoms with van der Waals surface area (Å²) in [4.78, 5) is 0. The molecule has 0 bridgehead atoms. The lowest BCUT2D eigenvalue weighted by Crippen LogP contribution is -2.68. The zero-order valence-electron chi connectivity index (χ0n) is 54.2. The predicted octanol–water partition coefficient (Wildman–Crippen LogP) is -4.64. The highest BCUT2D eigenvalue weighted by Gasteiger charge is 2.72. The Hall–Kier alpha value is -1.46. The van der Waals surface area contributed by atoms with Crippen LogP contribution in [0.1, 0.15) is 113 Å². The molecule has 0 spiro atoms. The number of aliphatic hydroxyl groups excluding tert-OH is 18. The summed E-state index contributed by atoms with van der Waals surface area (Å²) in [5.41, 5.74) is -1.95. The highest BCUT2D eigenvalue weighted by Crippen LogP contribution is 2.76. The fourth-order valence-electron chi connectivity index (χ4n) is 18.3. The van der Waals surface area contributed by atoms with E-state index in [1.54, 1.807) is 0 Å². The van der Waals surface area contributed by atoms with E-state index in [0.29, 0.717) is 44.9 Å². The molecule has 0 aromatic carbocycles. The molecule has 93 heavy (non-hydrogen) atoms. The van der Waals surface area contributed by atoms with Gasteiger partial charge in [0, 0.05) is 0 Å². The summed E-state index contributed by atoms with van der Waals surface area (Å²) in [6, 6.07) is 0. The summed E-state index contributed by atoms with van der Waals surface area (Å²) >= 11 is 0. The van der Waals surface area contributed by atoms with E-state index in [0.717, 1.165) is 18.4 Å². The third kappa shape index (κ3) is 13.7. The van der Waals surface area contributed by atoms with Gasteiger partial charge in [-0.15, -0.1) is 0 Å². The van der Waals surface area contributed by atoms with Crippen LogP contribution in [0.25, 0.3) is 0 Å². The van der Waals surface area contributed by atoms with E-state index < -0.39 is 226 Å². The van der Waals surface area contributed by atoms with Gasteiger partial charge in [-0.1, -0.05) is 46.3 Å². The van der Waals surface area contributed by atoms with Crippen LogP contribution in [0.5, 0.6) is 0 Å². The summed E-state index contributed by atoms with van der Waals surface area (Å²) in [5, 5.41) is 197. The highest BCUT2D eigenvalue weighted by atomic mass is 16.8. The van der Waals surface area contributed by atoms with Crippen LogP contribution >= 0.6 is 0 Å². The summed E-state index contributed by atoms with van der Waals surface area (Å²) in [5.74, 6) is -0.715. The van der Waals surface area contributed by atoms with Gasteiger partial charge in [-0.3, -0.25) is 0 Å². The molecule has 10 rings (SSSR count). The van der Waals surface area contributed by atoms with E-state index in [1.807, 2.05) is 20.8 Å². The molecule has 0 amide bonds. The van der Waals surface area contributed by atoms with Gasteiger partial charge in [-0.25, -0.2) is 0 Å². The molecule has 6 heterocycles. The molecule has 6 saturated heterocycles. The topological polar surface area (TPSA) is 475 Å². The Balaban J connectivity index is 0.837. The summed E-state index contributed by atoms with van der Waals surface area (Å²) in [7, 11) is 0. The lowest BCUT2D eigenvalue weighted by molar-refractivity contribution is -0.395. The Morgan fingerprint density at radius 2 is 0.989 bits per heavy atom. The monoisotopic (exact) mass is 1340 g/mol. The highest BCUT2D eigenvalue weighted by molar-refractivity contribution is 5.21. The molecule has 30 nitrogen and oxygen atoms in total. The lowest BCUT2D eigenvalue weighted by Gasteiger charge is -2.71. The second kappa shape index (κ2) is 28.9. The Labute approximate surface area is 540 Å². The molecular formula is C63H106O30. The number of rotatable bonds is 19. The number of hydrogen-bond acceptors (Lipinski definition) is 30. The SMILES string of the molecule is CC(C)=CCC[C@@](C)(O[C@@H]1O[C@H](CO[C@@H]2OC[C@@H](O[C@@H]3OC[C@@H](O)[C@H](O)[C@H]3O)[C@H](O)[C@H]2O)[C@@H](O)[C@H](O)[C@H]1O)[C@H]1CC[C@]2(C)[C@@H]1[C@H](O)C[C@@H]1[C@@]3(C)CC[C@@H](O[C@@H]4O[C@H](CO)[C@@H](O)[C@H](O)[C@H]4O[C@@H]4O[C@H](CO)[C@@H](O)[C@H](O)[C@H]4O[C@@H]4OC[C@@H](O)[C@H](O)[C@H]4O)C(C)(C)[C@H]3CC[C@]12C. The first-order valence-electron chi connectivity index (χ1n) is 33.1. The van der Waals surface area contributed by atoms with Crippen LogP contribution in [0.3, 0.4) is 0 Å². The van der Waals surface area contributed by atoms with Crippen molar-refractivity contribution in [2.75, 3.05) is 39.6 Å². The fraction of sp³-hybridized carbons (Fsp3) is 0.968. The van der Waals surface area contributed by atoms with Gasteiger partial charge in [0.25, 0.3) is 0 Å². The molecule has 6 aliphatic heterocycles. The first kappa shape index (κ1) is 74.2. The second-order valence-corrected chi connectivity index (χ2v) is 30.0. The van der Waals surface area contributed by atoms with E-state index in [2.05, 4.69) is 40.7 Å². The average molecular weight is 1340 g/mol. The summed E-state index contributed by atoms with van der Waals surface area (Å²) < 4.78 is 72.4. The molecule has 37 atom stereocenters. The first-order valence-corrected chi connectivity index (χ1v) is 33.1. The van der Waals surface area contributed by atoms with Crippen molar-refractivity contribution in [3.8, 4) is 0 Å². The van der Waals surface area contributed by atoms with Gasteiger partial charge < -0.3 is 149 Å². The van der Waals surface area contributed by atoms with Crippen molar-refractivity contribution in [2.24, 2.45) is 45.3 Å². The molecule has 4 aliphatic carbocycles. The Morgan fingerprint density at radius 1 is 0.484 bits per heavy atom. The van der Waals surface area contributed by atoms with Gasteiger partial charge in [0.15, 0.2) is 37.7 Å². The number of aliphatic hydroxyl groups is 18. The molecule has 4 saturated carbocycles. The molecule has 10 aliphatic rings. The third-order valence-electron chi connectivity index (χ3n) is 24.0. The van der Waals surface area contributed by atoms with Crippen LogP contribution in [0.4, 0.5) is 0 Å². The molecule has 0 aromatic rings. The lowest BCUT2D eigenvalue weighted by atomic mass is 9.35. The molecule has 0 aromatic heterocycles. The van der Waals surface area contributed by atoms with E-state index in [9.17, 15) is 91.9 Å². The van der Waals surface area contributed by atoms with Gasteiger partial charge in [0.1, 0.15) is 128 Å². The molecule has 18 N–H and O–H groups in total. The minimum absolute atomic E-state index is 0.0258. The zero-order chi connectivity index (χ0) is 67.9. The van der Waals surface area contributed by atoms with Crippen LogP contribution in [0, 0.1) is 45.3 Å². The predicted molar refractivity (Wildman–Crippen MR) is 313 cm³/mol. The molecular weight excluding hydrogens is 1240 g/mol. The van der Waals surface area contributed by atoms with Gasteiger partial charge in [0.2, 0.25) is 0 Å². The average Bonchev–Trinajstić information content (AvgIpc) is 1.65. The fourth-order valence-corrected chi connectivity index (χ4v) is 18.3. The number of hydrogen-bond donors (Lipinski definition) is 18. The van der Waals surface area contributed by atoms with Crippen LogP contribution < -0.4 is 0 Å². The zero-order valence-corrected chi connectivity index (χ0v) is 54.2. The maximum Gasteiger partial charge on any atom is 0.187 e. The minimum Gasteiger partial charge on any atom is -0.394 e. The van der Waals surface area contributed by atoms with Crippen LogP contribution in [0.2, 0.25) is 0 Å². The van der Waals surface area contributed by atoms with Crippen LogP contribution in [-0.2, 0) is 56.8 Å². The maximum atomic E-state index is 13.0. The smallest absolute Gasteiger partial charge is 0.187 e. The number of ether oxygens (including phenoxy) is 12. The van der Waals surface area contributed by atoms with Gasteiger partial charge in [-0.05, 0) is 124 Å². The first-order chi connectivity index (χ1) is 43.7.